The highest BCUT2D eigenvalue weighted by Gasteiger charge is 2.14. The molecule has 0 radical (unpaired) electrons. The Kier molecular flexibility index (Phi) is 5.62. The van der Waals surface area contributed by atoms with E-state index in [4.69, 9.17) is 4.74 Å². The first-order chi connectivity index (χ1) is 9.78. The van der Waals surface area contributed by atoms with Crippen molar-refractivity contribution >= 4 is 11.3 Å². The molecule has 2 aromatic rings. The van der Waals surface area contributed by atoms with Crippen molar-refractivity contribution in [2.45, 2.75) is 32.2 Å². The molecule has 3 heteroatoms. The van der Waals surface area contributed by atoms with Gasteiger partial charge in [-0.2, -0.15) is 0 Å². The molecule has 0 aliphatic rings. The van der Waals surface area contributed by atoms with Gasteiger partial charge in [-0.1, -0.05) is 19.1 Å². The summed E-state index contributed by atoms with van der Waals surface area (Å²) >= 11 is 1.87. The molecule has 0 saturated carbocycles. The maximum atomic E-state index is 5.19. The monoisotopic (exact) mass is 289 g/mol. The molecule has 0 fully saturated rings. The van der Waals surface area contributed by atoms with Gasteiger partial charge in [0.15, 0.2) is 0 Å². The average molecular weight is 289 g/mol. The molecule has 1 unspecified atom stereocenters. The van der Waals surface area contributed by atoms with Gasteiger partial charge >= 0.3 is 0 Å². The number of aryl methyl sites for hydroxylation is 2. The summed E-state index contributed by atoms with van der Waals surface area (Å²) in [6, 6.07) is 11.1. The Morgan fingerprint density at radius 1 is 1.20 bits per heavy atom. The lowest BCUT2D eigenvalue weighted by Crippen LogP contribution is -2.17. The lowest BCUT2D eigenvalue weighted by atomic mass is 10.0. The van der Waals surface area contributed by atoms with Crippen molar-refractivity contribution in [3.05, 3.63) is 51.7 Å². The van der Waals surface area contributed by atoms with Gasteiger partial charge in [0.25, 0.3) is 0 Å². The Bertz CT molecular complexity index is 518. The van der Waals surface area contributed by atoms with E-state index in [0.717, 1.165) is 25.0 Å². The molecule has 0 bridgehead atoms. The fourth-order valence-corrected chi connectivity index (χ4v) is 3.60. The zero-order chi connectivity index (χ0) is 14.4. The van der Waals surface area contributed by atoms with Crippen molar-refractivity contribution < 1.29 is 4.74 Å². The first-order valence-electron chi connectivity index (χ1n) is 7.15. The SMILES string of the molecule is CCc1ccsc1C(CCc1ccc(OC)cc1)NC. The fourth-order valence-electron chi connectivity index (χ4n) is 2.46. The van der Waals surface area contributed by atoms with Gasteiger partial charge < -0.3 is 10.1 Å². The standard InChI is InChI=1S/C17H23NOS/c1-4-14-11-12-20-17(14)16(18-2)10-7-13-5-8-15(19-3)9-6-13/h5-6,8-9,11-12,16,18H,4,7,10H2,1-3H3. The number of rotatable bonds is 7. The zero-order valence-electron chi connectivity index (χ0n) is 12.5. The van der Waals surface area contributed by atoms with E-state index in [1.54, 1.807) is 7.11 Å². The van der Waals surface area contributed by atoms with E-state index < -0.39 is 0 Å². The third-order valence-corrected chi connectivity index (χ3v) is 4.78. The quantitative estimate of drug-likeness (QED) is 0.824. The van der Waals surface area contributed by atoms with Crippen LogP contribution in [0.4, 0.5) is 0 Å². The predicted molar refractivity (Wildman–Crippen MR) is 86.8 cm³/mol. The number of benzene rings is 1. The molecule has 0 saturated heterocycles. The summed E-state index contributed by atoms with van der Waals surface area (Å²) in [5.41, 5.74) is 2.84. The Morgan fingerprint density at radius 3 is 2.55 bits per heavy atom. The second kappa shape index (κ2) is 7.46. The molecule has 1 aromatic carbocycles. The maximum Gasteiger partial charge on any atom is 0.118 e. The van der Waals surface area contributed by atoms with E-state index in [1.807, 2.05) is 23.5 Å². The molecule has 2 rings (SSSR count). The largest absolute Gasteiger partial charge is 0.497 e. The molecular formula is C17H23NOS. The lowest BCUT2D eigenvalue weighted by molar-refractivity contribution is 0.414. The Morgan fingerprint density at radius 2 is 1.95 bits per heavy atom. The number of ether oxygens (including phenoxy) is 1. The van der Waals surface area contributed by atoms with Crippen molar-refractivity contribution in [3.8, 4) is 5.75 Å². The van der Waals surface area contributed by atoms with Crippen LogP contribution in [0.2, 0.25) is 0 Å². The second-order valence-electron chi connectivity index (χ2n) is 4.89. The zero-order valence-corrected chi connectivity index (χ0v) is 13.3. The molecular weight excluding hydrogens is 266 g/mol. The van der Waals surface area contributed by atoms with Gasteiger partial charge in [0.2, 0.25) is 0 Å². The molecule has 0 amide bonds. The first kappa shape index (κ1) is 15.1. The van der Waals surface area contributed by atoms with Crippen molar-refractivity contribution in [2.24, 2.45) is 0 Å². The van der Waals surface area contributed by atoms with Gasteiger partial charge in [0, 0.05) is 10.9 Å². The van der Waals surface area contributed by atoms with Crippen molar-refractivity contribution in [1.29, 1.82) is 0 Å². The highest BCUT2D eigenvalue weighted by atomic mass is 32.1. The van der Waals surface area contributed by atoms with Crippen molar-refractivity contribution in [3.63, 3.8) is 0 Å². The summed E-state index contributed by atoms with van der Waals surface area (Å²) in [5.74, 6) is 0.922. The molecule has 108 valence electrons. The van der Waals surface area contributed by atoms with Crippen LogP contribution in [0, 0.1) is 0 Å². The highest BCUT2D eigenvalue weighted by molar-refractivity contribution is 7.10. The van der Waals surface area contributed by atoms with Gasteiger partial charge in [-0.3, -0.25) is 0 Å². The molecule has 20 heavy (non-hydrogen) atoms. The molecule has 1 aromatic heterocycles. The van der Waals surface area contributed by atoms with Gasteiger partial charge in [0.1, 0.15) is 5.75 Å². The van der Waals surface area contributed by atoms with E-state index in [9.17, 15) is 0 Å². The Labute approximate surface area is 125 Å². The van der Waals surface area contributed by atoms with Crippen LogP contribution >= 0.6 is 11.3 Å². The maximum absolute atomic E-state index is 5.19. The topological polar surface area (TPSA) is 21.3 Å². The first-order valence-corrected chi connectivity index (χ1v) is 8.03. The Hall–Kier alpha value is -1.32. The molecule has 1 heterocycles. The Balaban J connectivity index is 2.00. The minimum atomic E-state index is 0.451. The van der Waals surface area contributed by atoms with Crippen LogP contribution in [-0.4, -0.2) is 14.2 Å². The summed E-state index contributed by atoms with van der Waals surface area (Å²) in [6.45, 7) is 2.22. The fraction of sp³-hybridized carbons (Fsp3) is 0.412. The van der Waals surface area contributed by atoms with Crippen LogP contribution < -0.4 is 10.1 Å². The summed E-state index contributed by atoms with van der Waals surface area (Å²) in [6.07, 6.45) is 3.31. The number of methoxy groups -OCH3 is 1. The van der Waals surface area contributed by atoms with Crippen LogP contribution in [0.15, 0.2) is 35.7 Å². The predicted octanol–water partition coefficient (Wildman–Crippen LogP) is 4.21. The van der Waals surface area contributed by atoms with E-state index in [1.165, 1.54) is 16.0 Å². The van der Waals surface area contributed by atoms with Crippen LogP contribution in [0.1, 0.15) is 35.4 Å². The number of thiophene rings is 1. The molecule has 0 spiro atoms. The number of hydrogen-bond acceptors (Lipinski definition) is 3. The van der Waals surface area contributed by atoms with E-state index in [0.29, 0.717) is 6.04 Å². The summed E-state index contributed by atoms with van der Waals surface area (Å²) < 4.78 is 5.19. The van der Waals surface area contributed by atoms with E-state index >= 15 is 0 Å². The third kappa shape index (κ3) is 3.62. The second-order valence-corrected chi connectivity index (χ2v) is 5.84. The van der Waals surface area contributed by atoms with E-state index in [-0.39, 0.29) is 0 Å². The highest BCUT2D eigenvalue weighted by Crippen LogP contribution is 2.28. The van der Waals surface area contributed by atoms with Crippen molar-refractivity contribution in [2.75, 3.05) is 14.2 Å². The normalized spacial score (nSPS) is 12.3. The third-order valence-electron chi connectivity index (χ3n) is 3.71. The molecule has 1 N–H and O–H groups in total. The van der Waals surface area contributed by atoms with E-state index in [2.05, 4.69) is 42.9 Å². The lowest BCUT2D eigenvalue weighted by Gasteiger charge is -2.16. The molecule has 2 nitrogen and oxygen atoms in total. The minimum absolute atomic E-state index is 0.451. The van der Waals surface area contributed by atoms with Crippen LogP contribution in [0.3, 0.4) is 0 Å². The molecule has 0 aliphatic carbocycles. The van der Waals surface area contributed by atoms with Crippen LogP contribution in [-0.2, 0) is 12.8 Å². The van der Waals surface area contributed by atoms with Crippen LogP contribution in [0.5, 0.6) is 5.75 Å². The average Bonchev–Trinajstić information content (AvgIpc) is 2.97. The molecule has 1 atom stereocenters. The summed E-state index contributed by atoms with van der Waals surface area (Å²) in [7, 11) is 3.76. The van der Waals surface area contributed by atoms with Gasteiger partial charge in [0.05, 0.1) is 7.11 Å². The summed E-state index contributed by atoms with van der Waals surface area (Å²) in [5, 5.41) is 5.66. The van der Waals surface area contributed by atoms with Gasteiger partial charge in [-0.05, 0) is 61.0 Å². The van der Waals surface area contributed by atoms with Crippen molar-refractivity contribution in [1.82, 2.24) is 5.32 Å². The minimum Gasteiger partial charge on any atom is -0.497 e. The summed E-state index contributed by atoms with van der Waals surface area (Å²) in [4.78, 5) is 1.49. The van der Waals surface area contributed by atoms with Gasteiger partial charge in [-0.25, -0.2) is 0 Å². The number of hydrogen-bond donors (Lipinski definition) is 1. The molecule has 0 aliphatic heterocycles. The van der Waals surface area contributed by atoms with Gasteiger partial charge in [-0.15, -0.1) is 11.3 Å². The van der Waals surface area contributed by atoms with Crippen LogP contribution in [0.25, 0.3) is 0 Å². The number of nitrogens with one attached hydrogen (secondary N) is 1. The smallest absolute Gasteiger partial charge is 0.118 e.